The number of ether oxygens (including phenoxy) is 2. The fourth-order valence-electron chi connectivity index (χ4n) is 4.16. The smallest absolute Gasteiger partial charge is 0.191 e. The van der Waals surface area contributed by atoms with Crippen LogP contribution in [-0.4, -0.2) is 62.9 Å². The number of aliphatic imine (C=N–C) groups is 1. The number of guanidine groups is 1. The fourth-order valence-corrected chi connectivity index (χ4v) is 4.16. The van der Waals surface area contributed by atoms with Crippen molar-refractivity contribution < 1.29 is 9.47 Å². The van der Waals surface area contributed by atoms with Crippen LogP contribution in [0.15, 0.2) is 23.2 Å². The van der Waals surface area contributed by atoms with Crippen LogP contribution in [-0.2, 0) is 11.3 Å². The largest absolute Gasteiger partial charge is 0.494 e. The van der Waals surface area contributed by atoms with E-state index in [2.05, 4.69) is 47.6 Å². The number of likely N-dealkylation sites (tertiary alicyclic amines) is 1. The molecule has 30 heavy (non-hydrogen) atoms. The van der Waals surface area contributed by atoms with Crippen LogP contribution in [0.3, 0.4) is 0 Å². The van der Waals surface area contributed by atoms with Gasteiger partial charge < -0.3 is 25.0 Å². The number of nitrogens with zero attached hydrogens (tertiary/aromatic N) is 2. The third-order valence-electron chi connectivity index (χ3n) is 5.77. The number of rotatable bonds is 8. The van der Waals surface area contributed by atoms with Crippen LogP contribution in [0.5, 0.6) is 5.75 Å². The molecule has 2 aliphatic heterocycles. The number of hydrogen-bond acceptors (Lipinski definition) is 4. The molecule has 0 amide bonds. The number of hydrogen-bond donors (Lipinski definition) is 2. The molecule has 2 saturated heterocycles. The number of aryl methyl sites for hydroxylation is 1. The predicted octanol–water partition coefficient (Wildman–Crippen LogP) is 3.57. The van der Waals surface area contributed by atoms with Crippen molar-refractivity contribution in [2.45, 2.75) is 52.6 Å². The maximum absolute atomic E-state index is 5.64. The molecule has 2 heterocycles. The molecule has 0 aliphatic carbocycles. The Morgan fingerprint density at radius 2 is 2.03 bits per heavy atom. The van der Waals surface area contributed by atoms with Gasteiger partial charge in [0.15, 0.2) is 5.96 Å². The lowest BCUT2D eigenvalue weighted by Crippen LogP contribution is -2.49. The number of nitrogens with one attached hydrogen (secondary N) is 2. The topological polar surface area (TPSA) is 58.1 Å². The van der Waals surface area contributed by atoms with E-state index in [0.29, 0.717) is 19.2 Å². The molecule has 0 saturated carbocycles. The lowest BCUT2D eigenvalue weighted by molar-refractivity contribution is 0.150. The summed E-state index contributed by atoms with van der Waals surface area (Å²) in [6.45, 7) is 13.9. The lowest BCUT2D eigenvalue weighted by atomic mass is 10.0. The quantitative estimate of drug-likeness (QED) is 0.306. The highest BCUT2D eigenvalue weighted by Gasteiger charge is 2.24. The summed E-state index contributed by atoms with van der Waals surface area (Å²) in [7, 11) is 0. The van der Waals surface area contributed by atoms with Gasteiger partial charge in [-0.15, -0.1) is 24.0 Å². The first-order valence-electron chi connectivity index (χ1n) is 11.2. The average Bonchev–Trinajstić information content (AvgIpc) is 3.23. The fraction of sp³-hybridized carbons (Fsp3) is 0.696. The van der Waals surface area contributed by atoms with Gasteiger partial charge in [-0.3, -0.25) is 0 Å². The maximum Gasteiger partial charge on any atom is 0.191 e. The Kier molecular flexibility index (Phi) is 11.2. The molecule has 0 aromatic heterocycles. The van der Waals surface area contributed by atoms with Gasteiger partial charge in [0.2, 0.25) is 0 Å². The van der Waals surface area contributed by atoms with E-state index in [9.17, 15) is 0 Å². The predicted molar refractivity (Wildman–Crippen MR) is 134 cm³/mol. The SMILES string of the molecule is CCNC(=NCc1ccc(OCC)c(C)c1)NC1CCN(CC2CCOC2)CC1.I. The lowest BCUT2D eigenvalue weighted by Gasteiger charge is -2.34. The summed E-state index contributed by atoms with van der Waals surface area (Å²) in [5.41, 5.74) is 2.37. The molecule has 3 rings (SSSR count). The van der Waals surface area contributed by atoms with Gasteiger partial charge in [-0.05, 0) is 63.1 Å². The molecule has 1 aromatic carbocycles. The first-order valence-corrected chi connectivity index (χ1v) is 11.2. The zero-order valence-electron chi connectivity index (χ0n) is 18.8. The van der Waals surface area contributed by atoms with E-state index >= 15 is 0 Å². The van der Waals surface area contributed by atoms with Gasteiger partial charge in [0.25, 0.3) is 0 Å². The highest BCUT2D eigenvalue weighted by molar-refractivity contribution is 14.0. The third kappa shape index (κ3) is 7.89. The van der Waals surface area contributed by atoms with Gasteiger partial charge in [-0.1, -0.05) is 12.1 Å². The monoisotopic (exact) mass is 530 g/mol. The van der Waals surface area contributed by atoms with Crippen LogP contribution in [0.25, 0.3) is 0 Å². The summed E-state index contributed by atoms with van der Waals surface area (Å²) >= 11 is 0. The van der Waals surface area contributed by atoms with Crippen LogP contribution in [0, 0.1) is 12.8 Å². The molecule has 1 atom stereocenters. The molecule has 1 aromatic rings. The van der Waals surface area contributed by atoms with E-state index in [-0.39, 0.29) is 24.0 Å². The van der Waals surface area contributed by atoms with Crippen molar-refractivity contribution >= 4 is 29.9 Å². The minimum atomic E-state index is 0. The molecule has 2 N–H and O–H groups in total. The Morgan fingerprint density at radius 1 is 1.23 bits per heavy atom. The Bertz CT molecular complexity index is 657. The Morgan fingerprint density at radius 3 is 2.67 bits per heavy atom. The van der Waals surface area contributed by atoms with Crippen LogP contribution in [0.1, 0.15) is 44.2 Å². The zero-order chi connectivity index (χ0) is 20.5. The summed E-state index contributed by atoms with van der Waals surface area (Å²) in [5, 5.41) is 7.05. The van der Waals surface area contributed by atoms with Gasteiger partial charge >= 0.3 is 0 Å². The Hall–Kier alpha value is -1.06. The Balaban J connectivity index is 0.00000320. The van der Waals surface area contributed by atoms with E-state index in [1.54, 1.807) is 0 Å². The molecular weight excluding hydrogens is 491 g/mol. The maximum atomic E-state index is 5.64. The standard InChI is InChI=1S/C23H38N4O2.HI/c1-4-24-23(25-15-19-6-7-22(29-5-2)18(3)14-19)26-21-8-11-27(12-9-21)16-20-10-13-28-17-20;/h6-7,14,20-21H,4-5,8-13,15-17H2,1-3H3,(H2,24,25,26);1H. The van der Waals surface area contributed by atoms with Crippen molar-refractivity contribution in [3.8, 4) is 5.75 Å². The summed E-state index contributed by atoms with van der Waals surface area (Å²) in [6.07, 6.45) is 3.56. The second-order valence-electron chi connectivity index (χ2n) is 8.18. The van der Waals surface area contributed by atoms with Crippen LogP contribution in [0.4, 0.5) is 0 Å². The zero-order valence-corrected chi connectivity index (χ0v) is 21.1. The normalized spacial score (nSPS) is 20.6. The van der Waals surface area contributed by atoms with Crippen LogP contribution in [0.2, 0.25) is 0 Å². The second kappa shape index (κ2) is 13.4. The van der Waals surface area contributed by atoms with Crippen molar-refractivity contribution in [2.24, 2.45) is 10.9 Å². The first-order chi connectivity index (χ1) is 14.2. The summed E-state index contributed by atoms with van der Waals surface area (Å²) in [5.74, 6) is 2.61. The van der Waals surface area contributed by atoms with Gasteiger partial charge in [0, 0.05) is 38.8 Å². The molecule has 1 unspecified atom stereocenters. The highest BCUT2D eigenvalue weighted by Crippen LogP contribution is 2.20. The van der Waals surface area contributed by atoms with Crippen LogP contribution < -0.4 is 15.4 Å². The molecule has 6 nitrogen and oxygen atoms in total. The van der Waals surface area contributed by atoms with Gasteiger partial charge in [0.05, 0.1) is 19.8 Å². The molecule has 0 radical (unpaired) electrons. The van der Waals surface area contributed by atoms with Crippen molar-refractivity contribution in [3.05, 3.63) is 29.3 Å². The molecule has 7 heteroatoms. The van der Waals surface area contributed by atoms with Gasteiger partial charge in [-0.2, -0.15) is 0 Å². The number of halogens is 1. The van der Waals surface area contributed by atoms with E-state index in [0.717, 1.165) is 56.0 Å². The molecule has 0 bridgehead atoms. The van der Waals surface area contributed by atoms with Crippen molar-refractivity contribution in [2.75, 3.05) is 46.0 Å². The third-order valence-corrected chi connectivity index (χ3v) is 5.77. The number of piperidine rings is 1. The minimum absolute atomic E-state index is 0. The highest BCUT2D eigenvalue weighted by atomic mass is 127. The first kappa shape index (κ1) is 25.2. The van der Waals surface area contributed by atoms with E-state index < -0.39 is 0 Å². The van der Waals surface area contributed by atoms with Crippen molar-refractivity contribution in [1.82, 2.24) is 15.5 Å². The Labute approximate surface area is 199 Å². The second-order valence-corrected chi connectivity index (χ2v) is 8.18. The van der Waals surface area contributed by atoms with Crippen molar-refractivity contribution in [1.29, 1.82) is 0 Å². The van der Waals surface area contributed by atoms with E-state index in [1.807, 2.05) is 6.92 Å². The van der Waals surface area contributed by atoms with Crippen molar-refractivity contribution in [3.63, 3.8) is 0 Å². The summed E-state index contributed by atoms with van der Waals surface area (Å²) < 4.78 is 11.2. The average molecular weight is 530 g/mol. The molecule has 170 valence electrons. The van der Waals surface area contributed by atoms with Gasteiger partial charge in [0.1, 0.15) is 5.75 Å². The minimum Gasteiger partial charge on any atom is -0.494 e. The number of benzene rings is 1. The van der Waals surface area contributed by atoms with Crippen LogP contribution >= 0.6 is 24.0 Å². The molecule has 0 spiro atoms. The molecule has 2 fully saturated rings. The van der Waals surface area contributed by atoms with E-state index in [1.165, 1.54) is 31.4 Å². The summed E-state index contributed by atoms with van der Waals surface area (Å²) in [6, 6.07) is 6.82. The summed E-state index contributed by atoms with van der Waals surface area (Å²) in [4.78, 5) is 7.42. The van der Waals surface area contributed by atoms with Gasteiger partial charge in [-0.25, -0.2) is 4.99 Å². The molecule has 2 aliphatic rings. The van der Waals surface area contributed by atoms with E-state index in [4.69, 9.17) is 14.5 Å². The molecular formula is C23H39IN4O2.